The molecule has 4 fully saturated rings. The highest BCUT2D eigenvalue weighted by Gasteiger charge is 2.48. The number of hydrogen-bond donors (Lipinski definition) is 5. The maximum absolute atomic E-state index is 14.7. The summed E-state index contributed by atoms with van der Waals surface area (Å²) in [5.41, 5.74) is 6.74. The fourth-order valence-electron chi connectivity index (χ4n) is 8.30. The summed E-state index contributed by atoms with van der Waals surface area (Å²) in [6, 6.07) is 1.95. The molecule has 4 heterocycles. The number of carbonyl (C=O) groups excluding carboxylic acids is 7. The number of amides is 7. The molecule has 58 heavy (non-hydrogen) atoms. The van der Waals surface area contributed by atoms with Gasteiger partial charge in [-0.2, -0.15) is 0 Å². The van der Waals surface area contributed by atoms with Gasteiger partial charge >= 0.3 is 12.0 Å². The molecule has 0 aromatic heterocycles. The van der Waals surface area contributed by atoms with Crippen LogP contribution in [0.4, 0.5) is 19.3 Å². The van der Waals surface area contributed by atoms with Crippen LogP contribution in [-0.2, 0) is 39.9 Å². The van der Waals surface area contributed by atoms with Crippen LogP contribution in [0.15, 0.2) is 48.5 Å². The highest BCUT2D eigenvalue weighted by atomic mass is 19.1. The van der Waals surface area contributed by atoms with Crippen molar-refractivity contribution in [3.05, 3.63) is 65.7 Å². The van der Waals surface area contributed by atoms with Crippen LogP contribution in [0.5, 0.6) is 0 Å². The number of carbonyl (C=O) groups is 7. The molecule has 9 atom stereocenters. The van der Waals surface area contributed by atoms with Crippen molar-refractivity contribution in [1.29, 1.82) is 0 Å². The van der Waals surface area contributed by atoms with Crippen molar-refractivity contribution < 1.29 is 47.1 Å². The summed E-state index contributed by atoms with van der Waals surface area (Å²) in [7, 11) is 0. The summed E-state index contributed by atoms with van der Waals surface area (Å²) in [5.74, 6) is -6.27. The quantitative estimate of drug-likeness (QED) is 0.265. The molecule has 18 heteroatoms. The van der Waals surface area contributed by atoms with Gasteiger partial charge < -0.3 is 46.4 Å². The predicted octanol–water partition coefficient (Wildman–Crippen LogP) is 1.18. The average Bonchev–Trinajstić information content (AvgIpc) is 3.77. The van der Waals surface area contributed by atoms with E-state index >= 15 is 0 Å². The van der Waals surface area contributed by atoms with Gasteiger partial charge in [0, 0.05) is 43.9 Å². The van der Waals surface area contributed by atoms with E-state index in [2.05, 4.69) is 21.3 Å². The molecule has 0 spiro atoms. The second-order valence-corrected chi connectivity index (χ2v) is 15.8. The van der Waals surface area contributed by atoms with Crippen LogP contribution in [0.1, 0.15) is 58.4 Å². The Morgan fingerprint density at radius 1 is 0.862 bits per heavy atom. The number of anilines is 1. The molecule has 4 saturated heterocycles. The zero-order valence-corrected chi connectivity index (χ0v) is 32.6. The monoisotopic (exact) mass is 808 g/mol. The van der Waals surface area contributed by atoms with Gasteiger partial charge in [-0.1, -0.05) is 25.1 Å². The van der Waals surface area contributed by atoms with Crippen LogP contribution in [0.3, 0.4) is 0 Å². The summed E-state index contributed by atoms with van der Waals surface area (Å²) < 4.78 is 34.5. The van der Waals surface area contributed by atoms with Gasteiger partial charge in [-0.25, -0.2) is 18.4 Å². The van der Waals surface area contributed by atoms with Crippen molar-refractivity contribution >= 4 is 47.2 Å². The summed E-state index contributed by atoms with van der Waals surface area (Å²) >= 11 is 0. The number of benzene rings is 2. The van der Waals surface area contributed by atoms with Crippen LogP contribution in [0, 0.1) is 17.6 Å². The Bertz CT molecular complexity index is 1900. The van der Waals surface area contributed by atoms with E-state index in [1.165, 1.54) is 28.5 Å². The number of nitrogens with two attached hydrogens (primary N) is 1. The summed E-state index contributed by atoms with van der Waals surface area (Å²) in [6.07, 6.45) is -0.0353. The molecule has 0 saturated carbocycles. The first-order valence-electron chi connectivity index (χ1n) is 19.6. The van der Waals surface area contributed by atoms with Crippen molar-refractivity contribution in [2.45, 2.75) is 108 Å². The summed E-state index contributed by atoms with van der Waals surface area (Å²) in [6.45, 7) is 5.02. The molecule has 7 amide bonds. The highest BCUT2D eigenvalue weighted by Crippen LogP contribution is 2.29. The molecular formula is C40H50F2N8O8. The lowest BCUT2D eigenvalue weighted by molar-refractivity contribution is -0.163. The van der Waals surface area contributed by atoms with E-state index < -0.39 is 108 Å². The number of halogens is 2. The third kappa shape index (κ3) is 9.54. The first-order chi connectivity index (χ1) is 27.6. The number of ether oxygens (including phenoxy) is 1. The Morgan fingerprint density at radius 2 is 1.55 bits per heavy atom. The van der Waals surface area contributed by atoms with Crippen LogP contribution in [0.2, 0.25) is 0 Å². The highest BCUT2D eigenvalue weighted by molar-refractivity contribution is 5.99. The van der Waals surface area contributed by atoms with Crippen molar-refractivity contribution in [3.8, 4) is 0 Å². The van der Waals surface area contributed by atoms with Gasteiger partial charge in [-0.05, 0) is 81.7 Å². The first-order valence-corrected chi connectivity index (χ1v) is 19.6. The lowest BCUT2D eigenvalue weighted by Crippen LogP contribution is -2.63. The zero-order chi connectivity index (χ0) is 41.8. The molecule has 4 aliphatic rings. The van der Waals surface area contributed by atoms with Crippen molar-refractivity contribution in [1.82, 2.24) is 30.7 Å². The first kappa shape index (κ1) is 42.0. The molecule has 6 rings (SSSR count). The smallest absolute Gasteiger partial charge is 0.329 e. The number of nitrogens with zero attached hydrogens (tertiary/aromatic N) is 3. The lowest BCUT2D eigenvalue weighted by Gasteiger charge is -2.39. The number of urea groups is 1. The second kappa shape index (κ2) is 17.9. The Balaban J connectivity index is 1.36. The number of fused-ring (bicyclic) bond motifs is 3. The standard InChI is InChI=1S/C40H50F2N8O8/c1-21-13-32-39(56)58-23(3)33(47-34(51)29(16-24-14-25(41)17-26(42)15-24)46-40(57)45-28-9-5-4-6-10-28)38(55)50-20-27(43)18-31(50)37(54)48-12-8-7-11-30(48)35(52)44-22(2)36(53)49(32)19-21/h4-6,9-10,14-15,17,21-23,27,29-33H,7-8,11-13,16,18-20,43H2,1-3H3,(H,44,52)(H,47,51)(H2,45,46,57)/t21-,22-,23-,27-,29-,30-,31-,32-,33-/m0/s1. The zero-order valence-electron chi connectivity index (χ0n) is 32.6. The van der Waals surface area contributed by atoms with Gasteiger partial charge in [-0.3, -0.25) is 24.0 Å². The molecular weight excluding hydrogens is 758 g/mol. The SMILES string of the molecule is C[C@H]1C[C@H]2C(=O)O[C@@H](C)[C@H](NC(=O)[C@H](Cc3cc(F)cc(F)c3)NC(=O)Nc3ccccc3)C(=O)N3C[C@@H](N)C[C@H]3C(=O)N3CCCC[C@H]3C(=O)N[C@@H](C)C(=O)N2C1. The van der Waals surface area contributed by atoms with Crippen LogP contribution >= 0.6 is 0 Å². The number of hydrogen-bond acceptors (Lipinski definition) is 9. The predicted molar refractivity (Wildman–Crippen MR) is 204 cm³/mol. The van der Waals surface area contributed by atoms with E-state index in [4.69, 9.17) is 10.5 Å². The van der Waals surface area contributed by atoms with Gasteiger partial charge in [0.05, 0.1) is 0 Å². The van der Waals surface area contributed by atoms with E-state index in [9.17, 15) is 42.3 Å². The third-order valence-electron chi connectivity index (χ3n) is 11.1. The van der Waals surface area contributed by atoms with Gasteiger partial charge in [0.2, 0.25) is 29.5 Å². The van der Waals surface area contributed by atoms with E-state index in [1.807, 2.05) is 6.92 Å². The number of piperidine rings is 1. The molecule has 2 aromatic carbocycles. The Hall–Kier alpha value is -5.65. The van der Waals surface area contributed by atoms with Crippen LogP contribution < -0.4 is 27.0 Å². The van der Waals surface area contributed by atoms with Gasteiger partial charge in [0.15, 0.2) is 0 Å². The van der Waals surface area contributed by atoms with Crippen molar-refractivity contribution in [2.75, 3.05) is 25.0 Å². The van der Waals surface area contributed by atoms with Gasteiger partial charge in [-0.15, -0.1) is 0 Å². The maximum Gasteiger partial charge on any atom is 0.329 e. The molecule has 312 valence electrons. The van der Waals surface area contributed by atoms with Crippen LogP contribution in [0.25, 0.3) is 0 Å². The molecule has 16 nitrogen and oxygen atoms in total. The van der Waals surface area contributed by atoms with E-state index in [0.717, 1.165) is 12.1 Å². The molecule has 2 aromatic rings. The lowest BCUT2D eigenvalue weighted by atomic mass is 9.98. The Kier molecular flexibility index (Phi) is 12.9. The van der Waals surface area contributed by atoms with Crippen molar-refractivity contribution in [2.24, 2.45) is 11.7 Å². The average molecular weight is 809 g/mol. The molecule has 4 aliphatic heterocycles. The number of nitrogens with one attached hydrogen (secondary N) is 4. The minimum atomic E-state index is -1.68. The molecule has 0 aliphatic carbocycles. The number of esters is 1. The second-order valence-electron chi connectivity index (χ2n) is 15.8. The molecule has 0 unspecified atom stereocenters. The number of para-hydroxylation sites is 1. The minimum Gasteiger partial charge on any atom is -0.458 e. The number of rotatable bonds is 6. The fraction of sp³-hybridized carbons (Fsp3) is 0.525. The molecule has 0 bridgehead atoms. The van der Waals surface area contributed by atoms with Gasteiger partial charge in [0.1, 0.15) is 54.0 Å². The largest absolute Gasteiger partial charge is 0.458 e. The summed E-state index contributed by atoms with van der Waals surface area (Å²) in [4.78, 5) is 102. The Morgan fingerprint density at radius 3 is 2.26 bits per heavy atom. The van der Waals surface area contributed by atoms with Crippen molar-refractivity contribution in [3.63, 3.8) is 0 Å². The van der Waals surface area contributed by atoms with E-state index in [-0.39, 0.29) is 44.0 Å². The molecule has 0 radical (unpaired) electrons. The third-order valence-corrected chi connectivity index (χ3v) is 11.1. The normalized spacial score (nSPS) is 28.8. The van der Waals surface area contributed by atoms with E-state index in [0.29, 0.717) is 31.0 Å². The summed E-state index contributed by atoms with van der Waals surface area (Å²) in [5, 5.41) is 10.4. The minimum absolute atomic E-state index is 0.00657. The Labute approximate surface area is 334 Å². The fourth-order valence-corrected chi connectivity index (χ4v) is 8.30. The maximum atomic E-state index is 14.7. The molecule has 6 N–H and O–H groups in total. The van der Waals surface area contributed by atoms with E-state index in [1.54, 1.807) is 30.3 Å². The number of cyclic esters (lactones) is 1. The van der Waals surface area contributed by atoms with Crippen LogP contribution in [-0.4, -0.2) is 124 Å². The van der Waals surface area contributed by atoms with Gasteiger partial charge in [0.25, 0.3) is 0 Å². The topological polar surface area (TPSA) is 213 Å².